The van der Waals surface area contributed by atoms with Crippen molar-refractivity contribution in [3.63, 3.8) is 0 Å². The number of carbonyl (C=O) groups is 2. The molecule has 0 spiro atoms. The van der Waals surface area contributed by atoms with Gasteiger partial charge < -0.3 is 27.0 Å². The summed E-state index contributed by atoms with van der Waals surface area (Å²) in [5.41, 5.74) is 13.5. The maximum absolute atomic E-state index is 15.5. The molecule has 0 radical (unpaired) electrons. The molecule has 3 aliphatic rings. The molecule has 11 heteroatoms. The van der Waals surface area contributed by atoms with E-state index in [4.69, 9.17) is 11.5 Å². The van der Waals surface area contributed by atoms with E-state index in [2.05, 4.69) is 22.5 Å². The van der Waals surface area contributed by atoms with Gasteiger partial charge in [0.15, 0.2) is 18.4 Å². The van der Waals surface area contributed by atoms with Crippen LogP contribution in [0.4, 0.5) is 8.78 Å². The number of piperazine rings is 1. The topological polar surface area (TPSA) is 120 Å². The summed E-state index contributed by atoms with van der Waals surface area (Å²) < 4.78 is 32.1. The zero-order chi connectivity index (χ0) is 30.1. The molecular weight excluding hydrogens is 528 g/mol. The van der Waals surface area contributed by atoms with Gasteiger partial charge in [0, 0.05) is 45.2 Å². The summed E-state index contributed by atoms with van der Waals surface area (Å²) in [6, 6.07) is -1.52. The highest BCUT2D eigenvalue weighted by Gasteiger charge is 2.45. The molecule has 41 heavy (non-hydrogen) atoms. The fraction of sp³-hybridized carbons (Fsp3) is 0.833. The molecule has 9 nitrogen and oxygen atoms in total. The smallest absolute Gasteiger partial charge is 0.233 e. The molecule has 6 N–H and O–H groups in total. The molecule has 3 aliphatic heterocycles. The first-order valence-electron chi connectivity index (χ1n) is 15.6. The van der Waals surface area contributed by atoms with Gasteiger partial charge in [0.05, 0.1) is 18.2 Å². The number of likely N-dealkylation sites (N-methyl/N-ethyl adjacent to an activating group) is 1. The molecule has 7 unspecified atom stereocenters. The number of fused-ring (bicyclic) bond motifs is 1. The van der Waals surface area contributed by atoms with Crippen molar-refractivity contribution in [1.29, 1.82) is 0 Å². The van der Waals surface area contributed by atoms with Crippen molar-refractivity contribution in [2.24, 2.45) is 17.4 Å². The lowest BCUT2D eigenvalue weighted by Crippen LogP contribution is -2.70. The Morgan fingerprint density at radius 1 is 1.24 bits per heavy atom. The maximum Gasteiger partial charge on any atom is 0.233 e. The van der Waals surface area contributed by atoms with Crippen LogP contribution in [0.1, 0.15) is 72.1 Å². The van der Waals surface area contributed by atoms with Crippen molar-refractivity contribution in [3.8, 4) is 0 Å². The maximum atomic E-state index is 15.5. The number of nitrogens with zero attached hydrogens (tertiary/aromatic N) is 3. The lowest BCUT2D eigenvalue weighted by atomic mass is 9.90. The van der Waals surface area contributed by atoms with Crippen LogP contribution in [0.2, 0.25) is 0 Å². The standard InChI is InChI=1S/C30H53F2N7O2/c1-5-7-8-10-21(31)18-37(4)25(15-20(3)6-2)27(29(33)34)30(41)36-24-17-35-16-23(32)28(24)38-13-14-39-22(19-38)11-9-12-26(39)40/h15,18,21-25,27-29,35H,5-14,16-17,19,33-34H2,1-4H3/p+1. The number of unbranched alkanes of at least 4 members (excludes halogenated alkanes) is 2. The van der Waals surface area contributed by atoms with Gasteiger partial charge in [0.1, 0.15) is 19.1 Å². The summed E-state index contributed by atoms with van der Waals surface area (Å²) >= 11 is 0. The normalized spacial score (nSPS) is 28.8. The van der Waals surface area contributed by atoms with E-state index in [-0.39, 0.29) is 24.4 Å². The number of carbonyl (C=O) groups excluding carboxylic acids is 2. The number of piperidine rings is 2. The Bertz CT molecular complexity index is 931. The summed E-state index contributed by atoms with van der Waals surface area (Å²) in [4.78, 5) is 30.3. The first kappa shape index (κ1) is 33.6. The predicted molar refractivity (Wildman–Crippen MR) is 159 cm³/mol. The molecule has 3 rings (SSSR count). The Morgan fingerprint density at radius 2 is 2.00 bits per heavy atom. The molecule has 0 saturated carbocycles. The summed E-state index contributed by atoms with van der Waals surface area (Å²) in [6.07, 6.45) is 6.42. The Balaban J connectivity index is 1.81. The summed E-state index contributed by atoms with van der Waals surface area (Å²) in [6.45, 7) is 8.42. The van der Waals surface area contributed by atoms with E-state index in [0.717, 1.165) is 44.1 Å². The molecule has 0 aliphatic carbocycles. The summed E-state index contributed by atoms with van der Waals surface area (Å²) in [5, 5.41) is 6.21. The van der Waals surface area contributed by atoms with Gasteiger partial charge >= 0.3 is 0 Å². The SMILES string of the molecule is CCCCCC(F)C=[N+](C)C(C=C(C)CC)C(C(=O)NC1CNCC(F)C1N1CCN2C(=O)CCCC2C1)C(N)N. The highest BCUT2D eigenvalue weighted by atomic mass is 19.1. The molecule has 7 atom stereocenters. The molecule has 0 aromatic rings. The third-order valence-corrected chi connectivity index (χ3v) is 9.05. The number of amides is 2. The number of allylic oxidation sites excluding steroid dienone is 1. The average Bonchev–Trinajstić information content (AvgIpc) is 2.92. The van der Waals surface area contributed by atoms with Crippen molar-refractivity contribution < 1.29 is 22.9 Å². The van der Waals surface area contributed by atoms with Crippen LogP contribution in [-0.2, 0) is 9.59 Å². The highest BCUT2D eigenvalue weighted by molar-refractivity contribution is 5.81. The van der Waals surface area contributed by atoms with Gasteiger partial charge in [0.25, 0.3) is 0 Å². The van der Waals surface area contributed by atoms with E-state index in [0.29, 0.717) is 39.0 Å². The van der Waals surface area contributed by atoms with Gasteiger partial charge in [-0.05, 0) is 45.1 Å². The molecule has 0 bridgehead atoms. The third kappa shape index (κ3) is 9.02. The number of rotatable bonds is 13. The highest BCUT2D eigenvalue weighted by Crippen LogP contribution is 2.27. The minimum atomic E-state index is -1.19. The second-order valence-electron chi connectivity index (χ2n) is 12.2. The molecular formula is C30H54F2N7O2+. The number of hydrogen-bond donors (Lipinski definition) is 4. The quantitative estimate of drug-likeness (QED) is 0.0863. The molecule has 0 aromatic heterocycles. The minimum absolute atomic E-state index is 0.0790. The molecule has 3 saturated heterocycles. The fourth-order valence-electron chi connectivity index (χ4n) is 6.59. The zero-order valence-electron chi connectivity index (χ0n) is 25.5. The largest absolute Gasteiger partial charge is 0.350 e. The number of alkyl halides is 2. The Kier molecular flexibility index (Phi) is 13.1. The molecule has 234 valence electrons. The van der Waals surface area contributed by atoms with Crippen LogP contribution < -0.4 is 22.1 Å². The zero-order valence-corrected chi connectivity index (χ0v) is 25.5. The monoisotopic (exact) mass is 582 g/mol. The van der Waals surface area contributed by atoms with Crippen LogP contribution in [0.3, 0.4) is 0 Å². The molecule has 0 aromatic carbocycles. The number of nitrogens with one attached hydrogen (secondary N) is 2. The van der Waals surface area contributed by atoms with Crippen LogP contribution in [0, 0.1) is 5.92 Å². The van der Waals surface area contributed by atoms with Crippen LogP contribution in [-0.4, -0.2) is 115 Å². The van der Waals surface area contributed by atoms with Gasteiger partial charge in [-0.2, -0.15) is 0 Å². The van der Waals surface area contributed by atoms with E-state index in [9.17, 15) is 14.0 Å². The lowest BCUT2D eigenvalue weighted by Gasteiger charge is -2.50. The van der Waals surface area contributed by atoms with Crippen LogP contribution in [0.25, 0.3) is 0 Å². The van der Waals surface area contributed by atoms with E-state index >= 15 is 4.39 Å². The second-order valence-corrected chi connectivity index (χ2v) is 12.2. The van der Waals surface area contributed by atoms with Crippen LogP contribution >= 0.6 is 0 Å². The first-order valence-corrected chi connectivity index (χ1v) is 15.6. The second kappa shape index (κ2) is 16.0. The van der Waals surface area contributed by atoms with Crippen molar-refractivity contribution in [1.82, 2.24) is 20.4 Å². The Labute approximate surface area is 245 Å². The Morgan fingerprint density at radius 3 is 2.68 bits per heavy atom. The van der Waals surface area contributed by atoms with Crippen LogP contribution in [0.5, 0.6) is 0 Å². The Hall–Kier alpha value is -1.95. The van der Waals surface area contributed by atoms with Gasteiger partial charge in [-0.25, -0.2) is 13.4 Å². The van der Waals surface area contributed by atoms with Gasteiger partial charge in [0.2, 0.25) is 11.8 Å². The van der Waals surface area contributed by atoms with Crippen molar-refractivity contribution in [3.05, 3.63) is 11.6 Å². The van der Waals surface area contributed by atoms with E-state index < -0.39 is 42.6 Å². The van der Waals surface area contributed by atoms with E-state index in [1.165, 1.54) is 6.21 Å². The first-order chi connectivity index (χ1) is 19.6. The van der Waals surface area contributed by atoms with Gasteiger partial charge in [-0.1, -0.05) is 32.3 Å². The third-order valence-electron chi connectivity index (χ3n) is 9.05. The lowest BCUT2D eigenvalue weighted by molar-refractivity contribution is -0.530. The van der Waals surface area contributed by atoms with Gasteiger partial charge in [-0.15, -0.1) is 0 Å². The number of halogens is 2. The molecule has 3 fully saturated rings. The van der Waals surface area contributed by atoms with Crippen LogP contribution in [0.15, 0.2) is 11.6 Å². The van der Waals surface area contributed by atoms with Crippen molar-refractivity contribution >= 4 is 18.0 Å². The number of nitrogens with two attached hydrogens (primary N) is 2. The van der Waals surface area contributed by atoms with Crippen molar-refractivity contribution in [2.75, 3.05) is 39.8 Å². The summed E-state index contributed by atoms with van der Waals surface area (Å²) in [7, 11) is 1.76. The van der Waals surface area contributed by atoms with E-state index in [1.54, 1.807) is 11.6 Å². The average molecular weight is 583 g/mol. The van der Waals surface area contributed by atoms with Gasteiger partial charge in [-0.3, -0.25) is 14.5 Å². The molecule has 2 amide bonds. The minimum Gasteiger partial charge on any atom is -0.350 e. The number of hydrogen-bond acceptors (Lipinski definition) is 6. The fourth-order valence-corrected chi connectivity index (χ4v) is 6.59. The van der Waals surface area contributed by atoms with E-state index in [1.807, 2.05) is 24.8 Å². The predicted octanol–water partition coefficient (Wildman–Crippen LogP) is 1.69. The van der Waals surface area contributed by atoms with Crippen molar-refractivity contribution in [2.45, 2.75) is 115 Å². The molecule has 3 heterocycles. The summed E-state index contributed by atoms with van der Waals surface area (Å²) in [5.74, 6) is -1.07.